The van der Waals surface area contributed by atoms with Gasteiger partial charge in [-0.1, -0.05) is 0 Å². The monoisotopic (exact) mass is 314 g/mol. The summed E-state index contributed by atoms with van der Waals surface area (Å²) in [6, 6.07) is 6.20. The molecule has 0 unspecified atom stereocenters. The SMILES string of the molecule is CC(=O)N1CCC[C@H]1C(=O)Nc1ccc2c(C)cc(=O)oc2c1. The molecule has 0 saturated carbocycles. The molecule has 1 fully saturated rings. The first-order valence-electron chi connectivity index (χ1n) is 7.58. The summed E-state index contributed by atoms with van der Waals surface area (Å²) in [7, 11) is 0. The molecular formula is C17H18N2O4. The Morgan fingerprint density at radius 3 is 2.83 bits per heavy atom. The van der Waals surface area contributed by atoms with E-state index in [2.05, 4.69) is 5.32 Å². The van der Waals surface area contributed by atoms with Gasteiger partial charge in [0.15, 0.2) is 0 Å². The molecule has 2 heterocycles. The lowest BCUT2D eigenvalue weighted by molar-refractivity contribution is -0.134. The molecule has 2 aromatic rings. The number of rotatable bonds is 2. The topological polar surface area (TPSA) is 79.6 Å². The van der Waals surface area contributed by atoms with Gasteiger partial charge in [-0.25, -0.2) is 4.79 Å². The van der Waals surface area contributed by atoms with E-state index >= 15 is 0 Å². The van der Waals surface area contributed by atoms with Crippen molar-refractivity contribution in [1.29, 1.82) is 0 Å². The van der Waals surface area contributed by atoms with E-state index < -0.39 is 11.7 Å². The van der Waals surface area contributed by atoms with Crippen molar-refractivity contribution in [2.75, 3.05) is 11.9 Å². The third-order valence-corrected chi connectivity index (χ3v) is 4.18. The molecule has 0 bridgehead atoms. The minimum absolute atomic E-state index is 0.0946. The van der Waals surface area contributed by atoms with E-state index in [0.717, 1.165) is 17.4 Å². The lowest BCUT2D eigenvalue weighted by atomic mass is 10.1. The van der Waals surface area contributed by atoms with E-state index in [0.29, 0.717) is 24.2 Å². The molecule has 1 N–H and O–H groups in total. The third-order valence-electron chi connectivity index (χ3n) is 4.18. The van der Waals surface area contributed by atoms with Gasteiger partial charge in [0.2, 0.25) is 11.8 Å². The molecule has 0 aliphatic carbocycles. The van der Waals surface area contributed by atoms with Crippen LogP contribution in [-0.4, -0.2) is 29.3 Å². The van der Waals surface area contributed by atoms with Gasteiger partial charge < -0.3 is 14.6 Å². The number of carbonyl (C=O) groups is 2. The normalized spacial score (nSPS) is 17.5. The zero-order valence-electron chi connectivity index (χ0n) is 13.1. The molecule has 1 aliphatic rings. The first kappa shape index (κ1) is 15.3. The van der Waals surface area contributed by atoms with Crippen molar-refractivity contribution in [2.45, 2.75) is 32.7 Å². The number of aryl methyl sites for hydroxylation is 1. The maximum absolute atomic E-state index is 12.4. The molecule has 1 aromatic heterocycles. The van der Waals surface area contributed by atoms with E-state index in [4.69, 9.17) is 4.42 Å². The fraction of sp³-hybridized carbons (Fsp3) is 0.353. The average Bonchev–Trinajstić information content (AvgIpc) is 2.96. The summed E-state index contributed by atoms with van der Waals surface area (Å²) in [4.78, 5) is 37.0. The molecule has 23 heavy (non-hydrogen) atoms. The Hall–Kier alpha value is -2.63. The van der Waals surface area contributed by atoms with Crippen LogP contribution in [0.2, 0.25) is 0 Å². The molecule has 3 rings (SSSR count). The predicted octanol–water partition coefficient (Wildman–Crippen LogP) is 2.05. The Morgan fingerprint density at radius 1 is 1.30 bits per heavy atom. The average molecular weight is 314 g/mol. The van der Waals surface area contributed by atoms with Crippen molar-refractivity contribution in [3.8, 4) is 0 Å². The Bertz CT molecular complexity index is 840. The summed E-state index contributed by atoms with van der Waals surface area (Å²) in [5, 5.41) is 3.63. The van der Waals surface area contributed by atoms with Gasteiger partial charge >= 0.3 is 5.63 Å². The van der Waals surface area contributed by atoms with Crippen LogP contribution < -0.4 is 10.9 Å². The summed E-state index contributed by atoms with van der Waals surface area (Å²) in [6.45, 7) is 3.92. The summed E-state index contributed by atoms with van der Waals surface area (Å²) >= 11 is 0. The standard InChI is InChI=1S/C17H18N2O4/c1-10-8-16(21)23-15-9-12(5-6-13(10)15)18-17(22)14-4-3-7-19(14)11(2)20/h5-6,8-9,14H,3-4,7H2,1-2H3,(H,18,22)/t14-/m0/s1. The fourth-order valence-corrected chi connectivity index (χ4v) is 3.04. The molecular weight excluding hydrogens is 296 g/mol. The van der Waals surface area contributed by atoms with Gasteiger partial charge in [0.25, 0.3) is 0 Å². The molecule has 0 spiro atoms. The Labute approximate surface area is 133 Å². The molecule has 6 heteroatoms. The Kier molecular flexibility index (Phi) is 3.90. The predicted molar refractivity (Wildman–Crippen MR) is 86.3 cm³/mol. The maximum Gasteiger partial charge on any atom is 0.336 e. The van der Waals surface area contributed by atoms with Gasteiger partial charge in [-0.2, -0.15) is 0 Å². The summed E-state index contributed by atoms with van der Waals surface area (Å²) < 4.78 is 5.18. The summed E-state index contributed by atoms with van der Waals surface area (Å²) in [6.07, 6.45) is 1.48. The number of carbonyl (C=O) groups excluding carboxylic acids is 2. The summed E-state index contributed by atoms with van der Waals surface area (Å²) in [5.74, 6) is -0.310. The van der Waals surface area contributed by atoms with E-state index in [1.807, 2.05) is 6.92 Å². The van der Waals surface area contributed by atoms with Crippen LogP contribution in [0.4, 0.5) is 5.69 Å². The zero-order chi connectivity index (χ0) is 16.6. The van der Waals surface area contributed by atoms with Gasteiger partial charge in [0.05, 0.1) is 0 Å². The second kappa shape index (κ2) is 5.87. The van der Waals surface area contributed by atoms with Crippen LogP contribution >= 0.6 is 0 Å². The van der Waals surface area contributed by atoms with E-state index in [1.54, 1.807) is 23.1 Å². The van der Waals surface area contributed by atoms with Crippen LogP contribution in [0.3, 0.4) is 0 Å². The number of nitrogens with zero attached hydrogens (tertiary/aromatic N) is 1. The van der Waals surface area contributed by atoms with Crippen LogP contribution in [0, 0.1) is 6.92 Å². The van der Waals surface area contributed by atoms with E-state index in [-0.39, 0.29) is 11.8 Å². The molecule has 1 aromatic carbocycles. The summed E-state index contributed by atoms with van der Waals surface area (Å²) in [5.41, 5.74) is 1.39. The van der Waals surface area contributed by atoms with Crippen molar-refractivity contribution in [3.05, 3.63) is 40.2 Å². The number of amides is 2. The van der Waals surface area contributed by atoms with Crippen molar-refractivity contribution in [1.82, 2.24) is 4.90 Å². The largest absolute Gasteiger partial charge is 0.423 e. The number of nitrogens with one attached hydrogen (secondary N) is 1. The van der Waals surface area contributed by atoms with Gasteiger partial charge in [-0.3, -0.25) is 9.59 Å². The van der Waals surface area contributed by atoms with Crippen molar-refractivity contribution in [3.63, 3.8) is 0 Å². The quantitative estimate of drug-likeness (QED) is 0.860. The van der Waals surface area contributed by atoms with Gasteiger partial charge in [0, 0.05) is 36.7 Å². The van der Waals surface area contributed by atoms with Crippen molar-refractivity contribution < 1.29 is 14.0 Å². The minimum Gasteiger partial charge on any atom is -0.423 e. The minimum atomic E-state index is -0.437. The van der Waals surface area contributed by atoms with E-state index in [9.17, 15) is 14.4 Å². The van der Waals surface area contributed by atoms with Crippen LogP contribution in [0.15, 0.2) is 33.5 Å². The van der Waals surface area contributed by atoms with Crippen LogP contribution in [-0.2, 0) is 9.59 Å². The molecule has 1 atom stereocenters. The van der Waals surface area contributed by atoms with Crippen LogP contribution in [0.1, 0.15) is 25.3 Å². The molecule has 2 amide bonds. The van der Waals surface area contributed by atoms with E-state index in [1.165, 1.54) is 13.0 Å². The zero-order valence-corrected chi connectivity index (χ0v) is 13.1. The highest BCUT2D eigenvalue weighted by atomic mass is 16.4. The highest BCUT2D eigenvalue weighted by Gasteiger charge is 2.32. The number of hydrogen-bond acceptors (Lipinski definition) is 4. The molecule has 1 saturated heterocycles. The molecule has 0 radical (unpaired) electrons. The lowest BCUT2D eigenvalue weighted by Crippen LogP contribution is -2.42. The first-order valence-corrected chi connectivity index (χ1v) is 7.58. The number of likely N-dealkylation sites (tertiary alicyclic amines) is 1. The van der Waals surface area contributed by atoms with Gasteiger partial charge in [-0.15, -0.1) is 0 Å². The smallest absolute Gasteiger partial charge is 0.336 e. The highest BCUT2D eigenvalue weighted by molar-refractivity contribution is 5.98. The second-order valence-electron chi connectivity index (χ2n) is 5.82. The second-order valence-corrected chi connectivity index (χ2v) is 5.82. The Balaban J connectivity index is 1.85. The molecule has 1 aliphatic heterocycles. The highest BCUT2D eigenvalue weighted by Crippen LogP contribution is 2.23. The fourth-order valence-electron chi connectivity index (χ4n) is 3.04. The first-order chi connectivity index (χ1) is 11.0. The van der Waals surface area contributed by atoms with Crippen LogP contribution in [0.5, 0.6) is 0 Å². The molecule has 120 valence electrons. The number of anilines is 1. The molecule has 6 nitrogen and oxygen atoms in total. The Morgan fingerprint density at radius 2 is 2.09 bits per heavy atom. The van der Waals surface area contributed by atoms with Crippen LogP contribution in [0.25, 0.3) is 11.0 Å². The van der Waals surface area contributed by atoms with Crippen molar-refractivity contribution in [2.24, 2.45) is 0 Å². The maximum atomic E-state index is 12.4. The van der Waals surface area contributed by atoms with Crippen molar-refractivity contribution >= 4 is 28.5 Å². The third kappa shape index (κ3) is 2.97. The number of hydrogen-bond donors (Lipinski definition) is 1. The van der Waals surface area contributed by atoms with Gasteiger partial charge in [-0.05, 0) is 37.5 Å². The number of benzene rings is 1. The lowest BCUT2D eigenvalue weighted by Gasteiger charge is -2.22. The van der Waals surface area contributed by atoms with Gasteiger partial charge in [0.1, 0.15) is 11.6 Å². The number of fused-ring (bicyclic) bond motifs is 1.